The van der Waals surface area contributed by atoms with Gasteiger partial charge in [-0.1, -0.05) is 6.08 Å². The largest absolute Gasteiger partial charge is 0.508 e. The average molecular weight is 326 g/mol. The van der Waals surface area contributed by atoms with E-state index in [9.17, 15) is 15.0 Å². The van der Waals surface area contributed by atoms with Crippen LogP contribution < -0.4 is 9.47 Å². The highest BCUT2D eigenvalue weighted by molar-refractivity contribution is 5.98. The Bertz CT molecular complexity index is 893. The van der Waals surface area contributed by atoms with Crippen molar-refractivity contribution in [3.05, 3.63) is 46.5 Å². The summed E-state index contributed by atoms with van der Waals surface area (Å²) in [4.78, 5) is 12.5. The molecule has 0 atom stereocenters. The molecule has 2 aromatic carbocycles. The van der Waals surface area contributed by atoms with Crippen LogP contribution in [0.5, 0.6) is 28.7 Å². The second-order valence-electron chi connectivity index (χ2n) is 5.83. The van der Waals surface area contributed by atoms with Gasteiger partial charge in [0.25, 0.3) is 0 Å². The van der Waals surface area contributed by atoms with Crippen molar-refractivity contribution in [2.24, 2.45) is 0 Å². The van der Waals surface area contributed by atoms with Crippen molar-refractivity contribution < 1.29 is 24.5 Å². The number of phenols is 2. The minimum Gasteiger partial charge on any atom is -0.508 e. The zero-order valence-corrected chi connectivity index (χ0v) is 13.9. The van der Waals surface area contributed by atoms with E-state index in [4.69, 9.17) is 9.47 Å². The van der Waals surface area contributed by atoms with Gasteiger partial charge in [-0.15, -0.1) is 0 Å². The van der Waals surface area contributed by atoms with Crippen LogP contribution in [0.1, 0.15) is 40.9 Å². The lowest BCUT2D eigenvalue weighted by Gasteiger charge is -2.16. The zero-order valence-electron chi connectivity index (χ0n) is 13.9. The number of benzene rings is 2. The number of phenolic OH excluding ortho intramolecular Hbond substituents is 2. The molecule has 0 unspecified atom stereocenters. The van der Waals surface area contributed by atoms with Crippen LogP contribution in [0, 0.1) is 13.8 Å². The maximum Gasteiger partial charge on any atom is 0.347 e. The summed E-state index contributed by atoms with van der Waals surface area (Å²) in [5.41, 5.74) is 2.71. The first-order valence-electron chi connectivity index (χ1n) is 7.57. The Balaban J connectivity index is 2.34. The van der Waals surface area contributed by atoms with Crippen LogP contribution in [-0.4, -0.2) is 16.2 Å². The molecule has 2 aromatic rings. The summed E-state index contributed by atoms with van der Waals surface area (Å²) in [5.74, 6) is 0.198. The maximum atomic E-state index is 12.5. The molecule has 5 nitrogen and oxygen atoms in total. The van der Waals surface area contributed by atoms with Crippen molar-refractivity contribution in [3.8, 4) is 28.7 Å². The SMILES string of the molecule is C/C=C(\C)c1cc(O)c(C)c2c1Oc1cc(O)cc(C)c1C(=O)O2. The van der Waals surface area contributed by atoms with Crippen molar-refractivity contribution in [1.82, 2.24) is 0 Å². The molecule has 5 heteroatoms. The van der Waals surface area contributed by atoms with E-state index in [0.717, 1.165) is 5.57 Å². The molecule has 3 rings (SSSR count). The molecule has 0 fully saturated rings. The van der Waals surface area contributed by atoms with E-state index < -0.39 is 5.97 Å². The Morgan fingerprint density at radius 1 is 1.08 bits per heavy atom. The summed E-state index contributed by atoms with van der Waals surface area (Å²) in [6.07, 6.45) is 1.87. The van der Waals surface area contributed by atoms with Gasteiger partial charge in [0.05, 0.1) is 0 Å². The monoisotopic (exact) mass is 326 g/mol. The number of esters is 1. The molecular formula is C19H18O5. The topological polar surface area (TPSA) is 76.0 Å². The second-order valence-corrected chi connectivity index (χ2v) is 5.83. The lowest BCUT2D eigenvalue weighted by Crippen LogP contribution is -2.09. The maximum absolute atomic E-state index is 12.5. The lowest BCUT2D eigenvalue weighted by molar-refractivity contribution is 0.0735. The van der Waals surface area contributed by atoms with Crippen LogP contribution in [0.2, 0.25) is 0 Å². The number of rotatable bonds is 1. The Hall–Kier alpha value is -2.95. The first-order chi connectivity index (χ1) is 11.3. The Morgan fingerprint density at radius 2 is 1.79 bits per heavy atom. The molecule has 1 aliphatic rings. The molecule has 0 saturated carbocycles. The third kappa shape index (κ3) is 2.38. The van der Waals surface area contributed by atoms with Crippen LogP contribution in [0.15, 0.2) is 24.3 Å². The normalized spacial score (nSPS) is 13.5. The van der Waals surface area contributed by atoms with Gasteiger partial charge in [0.2, 0.25) is 0 Å². The van der Waals surface area contributed by atoms with Crippen LogP contribution in [-0.2, 0) is 0 Å². The minimum atomic E-state index is -0.584. The van der Waals surface area contributed by atoms with Gasteiger partial charge >= 0.3 is 5.97 Å². The van der Waals surface area contributed by atoms with Crippen LogP contribution in [0.3, 0.4) is 0 Å². The number of carbonyl (C=O) groups is 1. The van der Waals surface area contributed by atoms with Crippen molar-refractivity contribution in [3.63, 3.8) is 0 Å². The summed E-state index contributed by atoms with van der Waals surface area (Å²) in [7, 11) is 0. The van der Waals surface area contributed by atoms with E-state index in [1.807, 2.05) is 19.9 Å². The number of aryl methyl sites for hydroxylation is 1. The highest BCUT2D eigenvalue weighted by Gasteiger charge is 2.30. The molecular weight excluding hydrogens is 308 g/mol. The van der Waals surface area contributed by atoms with Gasteiger partial charge < -0.3 is 19.7 Å². The van der Waals surface area contributed by atoms with Crippen LogP contribution in [0.4, 0.5) is 0 Å². The molecule has 1 heterocycles. The summed E-state index contributed by atoms with van der Waals surface area (Å²) in [6, 6.07) is 4.44. The van der Waals surface area contributed by atoms with Gasteiger partial charge in [-0.2, -0.15) is 0 Å². The lowest BCUT2D eigenvalue weighted by atomic mass is 10.0. The number of aromatic hydroxyl groups is 2. The Labute approximate surface area is 139 Å². The van der Waals surface area contributed by atoms with E-state index >= 15 is 0 Å². The molecule has 0 spiro atoms. The minimum absolute atomic E-state index is 0.00214. The highest BCUT2D eigenvalue weighted by atomic mass is 16.6. The summed E-state index contributed by atoms with van der Waals surface area (Å²) < 4.78 is 11.5. The number of carbonyl (C=O) groups excluding carboxylic acids is 1. The molecule has 1 aliphatic heterocycles. The molecule has 124 valence electrons. The number of ether oxygens (including phenoxy) is 2. The molecule has 2 N–H and O–H groups in total. The zero-order chi connectivity index (χ0) is 17.6. The number of hydrogen-bond donors (Lipinski definition) is 2. The first kappa shape index (κ1) is 15.9. The third-order valence-electron chi connectivity index (χ3n) is 4.21. The van der Waals surface area contributed by atoms with Crippen LogP contribution >= 0.6 is 0 Å². The number of fused-ring (bicyclic) bond motifs is 2. The van der Waals surface area contributed by atoms with Gasteiger partial charge in [0, 0.05) is 17.2 Å². The molecule has 0 saturated heterocycles. The van der Waals surface area contributed by atoms with Crippen LogP contribution in [0.25, 0.3) is 5.57 Å². The average Bonchev–Trinajstić information content (AvgIpc) is 2.66. The van der Waals surface area contributed by atoms with E-state index in [-0.39, 0.29) is 28.6 Å². The molecule has 0 bridgehead atoms. The number of allylic oxidation sites excluding steroid dienone is 2. The van der Waals surface area contributed by atoms with Gasteiger partial charge in [0.1, 0.15) is 22.8 Å². The number of hydrogen-bond acceptors (Lipinski definition) is 5. The Morgan fingerprint density at radius 3 is 2.46 bits per heavy atom. The van der Waals surface area contributed by atoms with Gasteiger partial charge in [0.15, 0.2) is 11.5 Å². The van der Waals surface area contributed by atoms with Gasteiger partial charge in [-0.25, -0.2) is 4.79 Å². The quantitative estimate of drug-likeness (QED) is 0.597. The fraction of sp³-hybridized carbons (Fsp3) is 0.211. The fourth-order valence-corrected chi connectivity index (χ4v) is 2.72. The molecule has 24 heavy (non-hydrogen) atoms. The van der Waals surface area contributed by atoms with E-state index in [1.165, 1.54) is 12.1 Å². The highest BCUT2D eigenvalue weighted by Crippen LogP contribution is 2.48. The molecule has 0 radical (unpaired) electrons. The predicted molar refractivity (Wildman–Crippen MR) is 90.0 cm³/mol. The van der Waals surface area contributed by atoms with Crippen molar-refractivity contribution in [1.29, 1.82) is 0 Å². The fourth-order valence-electron chi connectivity index (χ4n) is 2.72. The van der Waals surface area contributed by atoms with E-state index in [1.54, 1.807) is 19.9 Å². The summed E-state index contributed by atoms with van der Waals surface area (Å²) in [6.45, 7) is 7.09. The Kier molecular flexibility index (Phi) is 3.72. The summed E-state index contributed by atoms with van der Waals surface area (Å²) >= 11 is 0. The summed E-state index contributed by atoms with van der Waals surface area (Å²) in [5, 5.41) is 20.0. The van der Waals surface area contributed by atoms with Gasteiger partial charge in [-0.3, -0.25) is 0 Å². The van der Waals surface area contributed by atoms with E-state index in [0.29, 0.717) is 22.4 Å². The second kappa shape index (κ2) is 5.60. The van der Waals surface area contributed by atoms with E-state index in [2.05, 4.69) is 0 Å². The van der Waals surface area contributed by atoms with Crippen molar-refractivity contribution in [2.45, 2.75) is 27.7 Å². The third-order valence-corrected chi connectivity index (χ3v) is 4.21. The first-order valence-corrected chi connectivity index (χ1v) is 7.57. The van der Waals surface area contributed by atoms with Crippen molar-refractivity contribution in [2.75, 3.05) is 0 Å². The molecule has 0 aromatic heterocycles. The molecule has 0 amide bonds. The standard InChI is InChI=1S/C19H18O5/c1-5-9(2)13-8-14(21)11(4)17-18(13)23-15-7-12(20)6-10(3)16(15)19(22)24-17/h5-8,20-21H,1-4H3/b9-5+. The van der Waals surface area contributed by atoms with Gasteiger partial charge in [-0.05, 0) is 51.0 Å². The smallest absolute Gasteiger partial charge is 0.347 e. The van der Waals surface area contributed by atoms with Crippen molar-refractivity contribution >= 4 is 11.5 Å². The molecule has 0 aliphatic carbocycles. The predicted octanol–water partition coefficient (Wildman–Crippen LogP) is 4.46.